The van der Waals surface area contributed by atoms with Crippen LogP contribution in [0.5, 0.6) is 0 Å². The van der Waals surface area contributed by atoms with Gasteiger partial charge in [0.25, 0.3) is 0 Å². The first-order valence-electron chi connectivity index (χ1n) is 13.4. The molecule has 2 aliphatic heterocycles. The smallest absolute Gasteiger partial charge is 0.238 e. The Balaban J connectivity index is 1.14. The Morgan fingerprint density at radius 3 is 2.06 bits per heavy atom. The number of carbonyl (C=O) groups is 3. The van der Waals surface area contributed by atoms with Crippen LogP contribution in [-0.2, 0) is 20.8 Å². The number of amides is 3. The normalized spacial score (nSPS) is 20.6. The number of hydrogen-bond acceptors (Lipinski definition) is 5. The van der Waals surface area contributed by atoms with E-state index in [1.165, 1.54) is 19.3 Å². The summed E-state index contributed by atoms with van der Waals surface area (Å²) in [5.41, 5.74) is 2.02. The van der Waals surface area contributed by atoms with Crippen molar-refractivity contribution in [3.63, 3.8) is 0 Å². The van der Waals surface area contributed by atoms with Crippen molar-refractivity contribution < 1.29 is 14.4 Å². The first-order chi connectivity index (χ1) is 17.0. The molecule has 192 valence electrons. The van der Waals surface area contributed by atoms with Gasteiger partial charge in [0, 0.05) is 64.0 Å². The first kappa shape index (κ1) is 25.6. The van der Waals surface area contributed by atoms with Crippen molar-refractivity contribution in [1.82, 2.24) is 19.6 Å². The molecule has 0 bridgehead atoms. The quantitative estimate of drug-likeness (QED) is 0.643. The summed E-state index contributed by atoms with van der Waals surface area (Å²) in [5.74, 6) is 0.690. The second-order valence-electron chi connectivity index (χ2n) is 10.2. The molecule has 8 heteroatoms. The number of benzene rings is 1. The van der Waals surface area contributed by atoms with Gasteiger partial charge in [0.2, 0.25) is 17.7 Å². The minimum atomic E-state index is -0.00804. The van der Waals surface area contributed by atoms with E-state index in [0.29, 0.717) is 45.2 Å². The third-order valence-electron chi connectivity index (χ3n) is 7.76. The lowest BCUT2D eigenvalue weighted by molar-refractivity contribution is -0.139. The van der Waals surface area contributed by atoms with E-state index in [4.69, 9.17) is 0 Å². The predicted molar refractivity (Wildman–Crippen MR) is 137 cm³/mol. The third kappa shape index (κ3) is 7.04. The fraction of sp³-hybridized carbons (Fsp3) is 0.667. The van der Waals surface area contributed by atoms with E-state index in [0.717, 1.165) is 56.7 Å². The summed E-state index contributed by atoms with van der Waals surface area (Å²) in [6, 6.07) is 7.91. The van der Waals surface area contributed by atoms with Crippen LogP contribution >= 0.6 is 0 Å². The van der Waals surface area contributed by atoms with E-state index in [1.54, 1.807) is 0 Å². The summed E-state index contributed by atoms with van der Waals surface area (Å²) in [7, 11) is 0. The highest BCUT2D eigenvalue weighted by Gasteiger charge is 2.30. The molecule has 3 fully saturated rings. The molecular formula is C27H41N5O3. The average Bonchev–Trinajstić information content (AvgIpc) is 2.90. The maximum atomic E-state index is 12.9. The van der Waals surface area contributed by atoms with Crippen LogP contribution in [0.25, 0.3) is 0 Å². The number of aryl methyl sites for hydroxylation is 1. The van der Waals surface area contributed by atoms with Crippen molar-refractivity contribution in [2.45, 2.75) is 45.4 Å². The molecule has 0 aromatic heterocycles. The van der Waals surface area contributed by atoms with Crippen LogP contribution in [0.3, 0.4) is 0 Å². The van der Waals surface area contributed by atoms with Gasteiger partial charge in [-0.15, -0.1) is 0 Å². The van der Waals surface area contributed by atoms with Gasteiger partial charge in [-0.3, -0.25) is 24.2 Å². The number of nitrogens with zero attached hydrogens (tertiary/aromatic N) is 4. The monoisotopic (exact) mass is 483 g/mol. The van der Waals surface area contributed by atoms with Gasteiger partial charge >= 0.3 is 0 Å². The molecule has 35 heavy (non-hydrogen) atoms. The van der Waals surface area contributed by atoms with E-state index >= 15 is 0 Å². The third-order valence-corrected chi connectivity index (χ3v) is 7.76. The van der Waals surface area contributed by atoms with E-state index in [1.807, 2.05) is 34.1 Å². The van der Waals surface area contributed by atoms with Crippen LogP contribution in [0.1, 0.15) is 44.6 Å². The first-order valence-corrected chi connectivity index (χ1v) is 13.4. The van der Waals surface area contributed by atoms with Crippen LogP contribution in [0.4, 0.5) is 5.69 Å². The lowest BCUT2D eigenvalue weighted by Gasteiger charge is -2.39. The fourth-order valence-corrected chi connectivity index (χ4v) is 5.52. The molecule has 8 nitrogen and oxygen atoms in total. The minimum absolute atomic E-state index is 0.00804. The lowest BCUT2D eigenvalue weighted by Crippen LogP contribution is -2.55. The highest BCUT2D eigenvalue weighted by atomic mass is 16.2. The van der Waals surface area contributed by atoms with Gasteiger partial charge in [-0.25, -0.2) is 0 Å². The van der Waals surface area contributed by atoms with Crippen molar-refractivity contribution in [3.05, 3.63) is 29.8 Å². The Morgan fingerprint density at radius 1 is 0.800 bits per heavy atom. The molecule has 1 aromatic rings. The van der Waals surface area contributed by atoms with Crippen LogP contribution < -0.4 is 5.32 Å². The molecule has 2 saturated heterocycles. The number of nitrogens with one attached hydrogen (secondary N) is 1. The lowest BCUT2D eigenvalue weighted by atomic mass is 9.88. The Labute approximate surface area is 209 Å². The Hall–Kier alpha value is -2.45. The summed E-state index contributed by atoms with van der Waals surface area (Å²) >= 11 is 0. The average molecular weight is 484 g/mol. The summed E-state index contributed by atoms with van der Waals surface area (Å²) in [6.45, 7) is 8.55. The summed E-state index contributed by atoms with van der Waals surface area (Å²) in [6.07, 6.45) is 6.57. The van der Waals surface area contributed by atoms with Gasteiger partial charge in [0.05, 0.1) is 13.1 Å². The van der Waals surface area contributed by atoms with Gasteiger partial charge in [-0.2, -0.15) is 0 Å². The Morgan fingerprint density at radius 2 is 1.40 bits per heavy atom. The number of carbonyl (C=O) groups excluding carboxylic acids is 3. The number of piperazine rings is 2. The highest BCUT2D eigenvalue weighted by molar-refractivity contribution is 5.93. The molecule has 0 spiro atoms. The van der Waals surface area contributed by atoms with Crippen molar-refractivity contribution >= 4 is 23.4 Å². The standard InChI is InChI=1S/C27H41N5O3/c1-2-22-8-6-7-11-24(22)28-25(33)20-29-12-16-31(17-13-29)26(34)21-30-14-18-32(19-15-30)27(35)23-9-4-3-5-10-23/h6-8,11,23H,2-5,9-10,12-21H2,1H3,(H,28,33). The van der Waals surface area contributed by atoms with Gasteiger partial charge in [-0.1, -0.05) is 44.4 Å². The molecule has 1 N–H and O–H groups in total. The van der Waals surface area contributed by atoms with E-state index in [-0.39, 0.29) is 17.7 Å². The largest absolute Gasteiger partial charge is 0.340 e. The van der Waals surface area contributed by atoms with Gasteiger partial charge in [0.15, 0.2) is 0 Å². The Bertz CT molecular complexity index is 869. The zero-order valence-electron chi connectivity index (χ0n) is 21.2. The van der Waals surface area contributed by atoms with Crippen molar-refractivity contribution in [1.29, 1.82) is 0 Å². The SMILES string of the molecule is CCc1ccccc1NC(=O)CN1CCN(C(=O)CN2CCN(C(=O)C3CCCCC3)CC2)CC1. The number of para-hydroxylation sites is 1. The topological polar surface area (TPSA) is 76.2 Å². The number of rotatable bonds is 7. The van der Waals surface area contributed by atoms with Gasteiger partial charge < -0.3 is 15.1 Å². The van der Waals surface area contributed by atoms with Crippen LogP contribution in [0, 0.1) is 5.92 Å². The molecule has 0 unspecified atom stereocenters. The summed E-state index contributed by atoms with van der Waals surface area (Å²) in [4.78, 5) is 46.4. The van der Waals surface area contributed by atoms with E-state index in [9.17, 15) is 14.4 Å². The minimum Gasteiger partial charge on any atom is -0.340 e. The molecule has 3 amide bonds. The molecule has 1 saturated carbocycles. The van der Waals surface area contributed by atoms with E-state index < -0.39 is 0 Å². The zero-order valence-corrected chi connectivity index (χ0v) is 21.2. The van der Waals surface area contributed by atoms with Gasteiger partial charge in [0.1, 0.15) is 0 Å². The predicted octanol–water partition coefficient (Wildman–Crippen LogP) is 2.06. The van der Waals surface area contributed by atoms with Gasteiger partial charge in [-0.05, 0) is 30.9 Å². The zero-order chi connectivity index (χ0) is 24.6. The Kier molecular flexibility index (Phi) is 9.15. The van der Waals surface area contributed by atoms with Crippen LogP contribution in [0.15, 0.2) is 24.3 Å². The fourth-order valence-electron chi connectivity index (χ4n) is 5.52. The number of hydrogen-bond donors (Lipinski definition) is 1. The molecule has 0 atom stereocenters. The van der Waals surface area contributed by atoms with E-state index in [2.05, 4.69) is 22.0 Å². The highest BCUT2D eigenvalue weighted by Crippen LogP contribution is 2.26. The van der Waals surface area contributed by atoms with Crippen LogP contribution in [-0.4, -0.2) is 103 Å². The number of anilines is 1. The molecule has 4 rings (SSSR count). The second-order valence-corrected chi connectivity index (χ2v) is 10.2. The van der Waals surface area contributed by atoms with Crippen molar-refractivity contribution in [2.24, 2.45) is 5.92 Å². The molecule has 1 aromatic carbocycles. The summed E-state index contributed by atoms with van der Waals surface area (Å²) < 4.78 is 0. The second kappa shape index (κ2) is 12.5. The summed E-state index contributed by atoms with van der Waals surface area (Å²) in [5, 5.41) is 3.03. The maximum Gasteiger partial charge on any atom is 0.238 e. The van der Waals surface area contributed by atoms with Crippen molar-refractivity contribution in [3.8, 4) is 0 Å². The molecule has 3 aliphatic rings. The maximum absolute atomic E-state index is 12.9. The van der Waals surface area contributed by atoms with Crippen LogP contribution in [0.2, 0.25) is 0 Å². The molecular weight excluding hydrogens is 442 g/mol. The molecule has 2 heterocycles. The molecule has 1 aliphatic carbocycles. The molecule has 0 radical (unpaired) electrons. The van der Waals surface area contributed by atoms with Crippen molar-refractivity contribution in [2.75, 3.05) is 70.8 Å².